The quantitative estimate of drug-likeness (QED) is 0.539. The summed E-state index contributed by atoms with van der Waals surface area (Å²) in [6.45, 7) is 0. The summed E-state index contributed by atoms with van der Waals surface area (Å²) in [4.78, 5) is 37.8. The molecule has 1 aromatic heterocycles. The zero-order chi connectivity index (χ0) is 20.7. The zero-order valence-electron chi connectivity index (χ0n) is 14.8. The number of hydrogen-bond acceptors (Lipinski definition) is 3. The molecular weight excluding hydrogens is 413 g/mol. The number of nitrogens with zero attached hydrogens (tertiary/aromatic N) is 2. The molecule has 144 valence electrons. The van der Waals surface area contributed by atoms with Gasteiger partial charge in [0.2, 0.25) is 5.91 Å². The Balaban J connectivity index is 1.98. The molecule has 0 saturated carbocycles. The van der Waals surface area contributed by atoms with E-state index in [2.05, 4.69) is 0 Å². The highest BCUT2D eigenvalue weighted by Gasteiger charge is 2.24. The van der Waals surface area contributed by atoms with Crippen LogP contribution in [-0.4, -0.2) is 20.9 Å². The minimum absolute atomic E-state index is 0.0462. The van der Waals surface area contributed by atoms with Gasteiger partial charge in [-0.25, -0.2) is 9.36 Å². The van der Waals surface area contributed by atoms with E-state index in [0.717, 1.165) is 4.57 Å². The number of imidazole rings is 1. The van der Waals surface area contributed by atoms with E-state index < -0.39 is 17.5 Å². The standard InChI is InChI=1S/C21H13Cl2N3O3/c22-14-4-3-5-15(23)18(14)20(28)26-17-7-2-1-6-16(17)25(21(26)29)13-10-8-12(9-11-13)19(24)27/h1-11H,(H2,24,27). The Morgan fingerprint density at radius 1 is 0.793 bits per heavy atom. The fourth-order valence-electron chi connectivity index (χ4n) is 3.18. The number of halogens is 2. The van der Waals surface area contributed by atoms with Crippen LogP contribution in [0.2, 0.25) is 10.0 Å². The van der Waals surface area contributed by atoms with Crippen LogP contribution in [-0.2, 0) is 0 Å². The molecule has 0 aliphatic carbocycles. The minimum Gasteiger partial charge on any atom is -0.366 e. The third-order valence-corrected chi connectivity index (χ3v) is 5.17. The van der Waals surface area contributed by atoms with Crippen LogP contribution in [0.5, 0.6) is 0 Å². The van der Waals surface area contributed by atoms with E-state index in [1.54, 1.807) is 42.5 Å². The molecule has 4 aromatic rings. The van der Waals surface area contributed by atoms with Crippen LogP contribution in [0.4, 0.5) is 0 Å². The summed E-state index contributed by atoms with van der Waals surface area (Å²) in [7, 11) is 0. The first-order valence-electron chi connectivity index (χ1n) is 8.51. The van der Waals surface area contributed by atoms with Crippen LogP contribution in [0.15, 0.2) is 71.5 Å². The highest BCUT2D eigenvalue weighted by Crippen LogP contribution is 2.27. The molecule has 0 aliphatic rings. The summed E-state index contributed by atoms with van der Waals surface area (Å²) in [5.41, 5.74) is 6.44. The lowest BCUT2D eigenvalue weighted by Crippen LogP contribution is -2.29. The van der Waals surface area contributed by atoms with Gasteiger partial charge in [0.05, 0.1) is 32.3 Å². The van der Waals surface area contributed by atoms with Crippen molar-refractivity contribution in [3.05, 3.63) is 98.4 Å². The number of benzene rings is 3. The van der Waals surface area contributed by atoms with Gasteiger partial charge in [-0.1, -0.05) is 41.4 Å². The van der Waals surface area contributed by atoms with E-state index in [1.165, 1.54) is 28.8 Å². The lowest BCUT2D eigenvalue weighted by molar-refractivity contribution is 0.0959. The average molecular weight is 426 g/mol. The van der Waals surface area contributed by atoms with E-state index in [1.807, 2.05) is 0 Å². The predicted molar refractivity (Wildman–Crippen MR) is 112 cm³/mol. The second-order valence-electron chi connectivity index (χ2n) is 6.26. The summed E-state index contributed by atoms with van der Waals surface area (Å²) in [6.07, 6.45) is 0. The summed E-state index contributed by atoms with van der Waals surface area (Å²) >= 11 is 12.4. The first kappa shape index (κ1) is 19.0. The fraction of sp³-hybridized carbons (Fsp3) is 0. The monoisotopic (exact) mass is 425 g/mol. The average Bonchev–Trinajstić information content (AvgIpc) is 2.99. The van der Waals surface area contributed by atoms with Crippen molar-refractivity contribution in [2.75, 3.05) is 0 Å². The topological polar surface area (TPSA) is 87.1 Å². The lowest BCUT2D eigenvalue weighted by atomic mass is 10.2. The molecule has 0 spiro atoms. The van der Waals surface area contributed by atoms with Gasteiger partial charge in [-0.3, -0.25) is 14.2 Å². The van der Waals surface area contributed by atoms with Gasteiger partial charge in [-0.2, -0.15) is 0 Å². The van der Waals surface area contributed by atoms with Crippen molar-refractivity contribution in [3.63, 3.8) is 0 Å². The van der Waals surface area contributed by atoms with E-state index in [9.17, 15) is 14.4 Å². The smallest absolute Gasteiger partial charge is 0.340 e. The first-order chi connectivity index (χ1) is 13.9. The number of carbonyl (C=O) groups is 2. The zero-order valence-corrected chi connectivity index (χ0v) is 16.3. The van der Waals surface area contributed by atoms with Gasteiger partial charge in [0, 0.05) is 5.56 Å². The van der Waals surface area contributed by atoms with Crippen molar-refractivity contribution >= 4 is 46.0 Å². The van der Waals surface area contributed by atoms with Gasteiger partial charge < -0.3 is 5.73 Å². The Morgan fingerprint density at radius 3 is 1.97 bits per heavy atom. The maximum atomic E-state index is 13.3. The Labute approximate surface area is 174 Å². The Hall–Kier alpha value is -3.35. The number of nitrogens with two attached hydrogens (primary N) is 1. The fourth-order valence-corrected chi connectivity index (χ4v) is 3.74. The van der Waals surface area contributed by atoms with E-state index >= 15 is 0 Å². The molecule has 6 nitrogen and oxygen atoms in total. The molecule has 0 bridgehead atoms. The maximum Gasteiger partial charge on any atom is 0.340 e. The van der Waals surface area contributed by atoms with E-state index in [-0.39, 0.29) is 15.6 Å². The summed E-state index contributed by atoms with van der Waals surface area (Å²) < 4.78 is 2.41. The highest BCUT2D eigenvalue weighted by atomic mass is 35.5. The molecule has 2 N–H and O–H groups in total. The number of aromatic nitrogens is 2. The molecule has 0 atom stereocenters. The minimum atomic E-state index is -0.630. The maximum absolute atomic E-state index is 13.3. The number of hydrogen-bond donors (Lipinski definition) is 1. The van der Waals surface area contributed by atoms with Gasteiger partial charge in [0.1, 0.15) is 0 Å². The molecule has 0 unspecified atom stereocenters. The van der Waals surface area contributed by atoms with Crippen LogP contribution >= 0.6 is 23.2 Å². The first-order valence-corrected chi connectivity index (χ1v) is 9.27. The van der Waals surface area contributed by atoms with Crippen LogP contribution in [0.25, 0.3) is 16.7 Å². The Bertz CT molecular complexity index is 1320. The van der Waals surface area contributed by atoms with Crippen LogP contribution in [0.3, 0.4) is 0 Å². The number of primary amides is 1. The SMILES string of the molecule is NC(=O)c1ccc(-n2c(=O)n(C(=O)c3c(Cl)cccc3Cl)c3ccccc32)cc1. The summed E-state index contributed by atoms with van der Waals surface area (Å²) in [5.74, 6) is -1.20. The largest absolute Gasteiger partial charge is 0.366 e. The number of carbonyl (C=O) groups excluding carboxylic acids is 2. The van der Waals surface area contributed by atoms with Crippen LogP contribution < -0.4 is 11.4 Å². The predicted octanol–water partition coefficient (Wildman–Crippen LogP) is 3.89. The second kappa shape index (κ2) is 7.24. The molecule has 0 saturated heterocycles. The number of fused-ring (bicyclic) bond motifs is 1. The van der Waals surface area contributed by atoms with Crippen LogP contribution in [0, 0.1) is 0 Å². The summed E-state index contributed by atoms with van der Waals surface area (Å²) in [5, 5.41) is 0.300. The van der Waals surface area contributed by atoms with Crippen molar-refractivity contribution in [2.45, 2.75) is 0 Å². The van der Waals surface area contributed by atoms with Crippen molar-refractivity contribution < 1.29 is 9.59 Å². The molecule has 1 heterocycles. The summed E-state index contributed by atoms with van der Waals surface area (Å²) in [6, 6.07) is 17.8. The normalized spacial score (nSPS) is 11.0. The van der Waals surface area contributed by atoms with Crippen molar-refractivity contribution in [1.82, 2.24) is 9.13 Å². The molecule has 0 aliphatic heterocycles. The molecular formula is C21H13Cl2N3O3. The number of rotatable bonds is 3. The van der Waals surface area contributed by atoms with Crippen LogP contribution in [0.1, 0.15) is 20.7 Å². The molecule has 1 amide bonds. The molecule has 3 aromatic carbocycles. The lowest BCUT2D eigenvalue weighted by Gasteiger charge is -2.06. The third kappa shape index (κ3) is 3.12. The highest BCUT2D eigenvalue weighted by molar-refractivity contribution is 6.39. The number of amides is 1. The van der Waals surface area contributed by atoms with Crippen molar-refractivity contribution in [3.8, 4) is 5.69 Å². The van der Waals surface area contributed by atoms with E-state index in [0.29, 0.717) is 22.3 Å². The third-order valence-electron chi connectivity index (χ3n) is 4.54. The van der Waals surface area contributed by atoms with Gasteiger partial charge in [0.25, 0.3) is 5.91 Å². The van der Waals surface area contributed by atoms with Gasteiger partial charge in [-0.15, -0.1) is 0 Å². The molecule has 8 heteroatoms. The van der Waals surface area contributed by atoms with Gasteiger partial charge >= 0.3 is 5.69 Å². The second-order valence-corrected chi connectivity index (χ2v) is 7.07. The molecule has 0 radical (unpaired) electrons. The Morgan fingerprint density at radius 2 is 1.38 bits per heavy atom. The molecule has 29 heavy (non-hydrogen) atoms. The number of para-hydroxylation sites is 2. The molecule has 0 fully saturated rings. The van der Waals surface area contributed by atoms with Crippen molar-refractivity contribution in [2.24, 2.45) is 5.73 Å². The van der Waals surface area contributed by atoms with Gasteiger partial charge in [-0.05, 0) is 48.5 Å². The molecule has 4 rings (SSSR count). The van der Waals surface area contributed by atoms with Gasteiger partial charge in [0.15, 0.2) is 0 Å². The Kier molecular flexibility index (Phi) is 4.74. The van der Waals surface area contributed by atoms with E-state index in [4.69, 9.17) is 28.9 Å². The van der Waals surface area contributed by atoms with Crippen molar-refractivity contribution in [1.29, 1.82) is 0 Å².